The Hall–Kier alpha value is -0.930. The van der Waals surface area contributed by atoms with Gasteiger partial charge in [0.2, 0.25) is 0 Å². The number of nitrogens with one attached hydrogen (secondary N) is 1. The number of thiazole rings is 1. The van der Waals surface area contributed by atoms with E-state index in [0.29, 0.717) is 0 Å². The summed E-state index contributed by atoms with van der Waals surface area (Å²) in [6.07, 6.45) is 3.78. The average Bonchev–Trinajstić information content (AvgIpc) is 3.06. The van der Waals surface area contributed by atoms with Crippen LogP contribution in [0.1, 0.15) is 31.7 Å². The Morgan fingerprint density at radius 1 is 1.33 bits per heavy atom. The third-order valence-corrected chi connectivity index (χ3v) is 4.45. The topological polar surface area (TPSA) is 24.9 Å². The summed E-state index contributed by atoms with van der Waals surface area (Å²) in [6.45, 7) is 5.75. The first-order valence-corrected chi connectivity index (χ1v) is 7.52. The summed E-state index contributed by atoms with van der Waals surface area (Å²) in [6, 6.07) is 9.20. The van der Waals surface area contributed by atoms with Crippen molar-refractivity contribution in [3.8, 4) is 0 Å². The van der Waals surface area contributed by atoms with E-state index >= 15 is 0 Å². The number of nitrogens with zero attached hydrogens (tertiary/aromatic N) is 1. The number of hydrogen-bond acceptors (Lipinski definition) is 3. The summed E-state index contributed by atoms with van der Waals surface area (Å²) in [5.41, 5.74) is 1.43. The highest BCUT2D eigenvalue weighted by Gasteiger charge is 2.26. The molecule has 1 aromatic carbocycles. The van der Waals surface area contributed by atoms with Crippen LogP contribution < -0.4 is 5.32 Å². The van der Waals surface area contributed by atoms with E-state index in [9.17, 15) is 0 Å². The van der Waals surface area contributed by atoms with Crippen LogP contribution in [0.25, 0.3) is 10.2 Å². The summed E-state index contributed by atoms with van der Waals surface area (Å²) in [5.74, 6) is 0. The molecule has 18 heavy (non-hydrogen) atoms. The van der Waals surface area contributed by atoms with E-state index in [1.54, 1.807) is 0 Å². The number of aromatic nitrogens is 1. The summed E-state index contributed by atoms with van der Waals surface area (Å²) in [7, 11) is 0. The highest BCUT2D eigenvalue weighted by Crippen LogP contribution is 2.29. The Labute approximate surface area is 112 Å². The summed E-state index contributed by atoms with van der Waals surface area (Å²) in [5, 5.41) is 4.89. The minimum Gasteiger partial charge on any atom is -0.313 e. The molecule has 3 rings (SSSR count). The minimum absolute atomic E-state index is 0.288. The molecule has 0 radical (unpaired) electrons. The molecule has 0 aliphatic heterocycles. The summed E-state index contributed by atoms with van der Waals surface area (Å²) >= 11 is 1.84. The number of benzene rings is 1. The zero-order chi connectivity index (χ0) is 12.6. The average molecular weight is 260 g/mol. The second kappa shape index (κ2) is 4.63. The van der Waals surface area contributed by atoms with Gasteiger partial charge in [-0.3, -0.25) is 0 Å². The SMILES string of the molecule is CC(C)(CNC1CC1)Cc1nc2ccccc2s1. The van der Waals surface area contributed by atoms with Gasteiger partial charge in [-0.1, -0.05) is 26.0 Å². The lowest BCUT2D eigenvalue weighted by atomic mass is 9.89. The second-order valence-electron chi connectivity index (χ2n) is 6.07. The van der Waals surface area contributed by atoms with Crippen molar-refractivity contribution in [2.24, 2.45) is 5.41 Å². The highest BCUT2D eigenvalue weighted by atomic mass is 32.1. The molecule has 0 unspecified atom stereocenters. The van der Waals surface area contributed by atoms with E-state index in [-0.39, 0.29) is 5.41 Å². The van der Waals surface area contributed by atoms with E-state index in [4.69, 9.17) is 4.98 Å². The quantitative estimate of drug-likeness (QED) is 0.888. The van der Waals surface area contributed by atoms with Gasteiger partial charge in [-0.25, -0.2) is 4.98 Å². The zero-order valence-corrected chi connectivity index (χ0v) is 11.9. The van der Waals surface area contributed by atoms with Crippen molar-refractivity contribution < 1.29 is 0 Å². The minimum atomic E-state index is 0.288. The molecule has 0 amide bonds. The van der Waals surface area contributed by atoms with Gasteiger partial charge in [-0.05, 0) is 30.4 Å². The Morgan fingerprint density at radius 3 is 2.83 bits per heavy atom. The predicted molar refractivity (Wildman–Crippen MR) is 78.1 cm³/mol. The molecule has 0 saturated heterocycles. The predicted octanol–water partition coefficient (Wildman–Crippen LogP) is 3.62. The van der Waals surface area contributed by atoms with Crippen LogP contribution in [0.2, 0.25) is 0 Å². The van der Waals surface area contributed by atoms with Crippen molar-refractivity contribution in [2.75, 3.05) is 6.54 Å². The van der Waals surface area contributed by atoms with Crippen LogP contribution in [0.5, 0.6) is 0 Å². The van der Waals surface area contributed by atoms with Crippen molar-refractivity contribution in [3.05, 3.63) is 29.3 Å². The molecule has 0 bridgehead atoms. The highest BCUT2D eigenvalue weighted by molar-refractivity contribution is 7.18. The molecule has 1 aliphatic rings. The van der Waals surface area contributed by atoms with Crippen molar-refractivity contribution in [2.45, 2.75) is 39.2 Å². The maximum absolute atomic E-state index is 4.73. The van der Waals surface area contributed by atoms with Gasteiger partial charge >= 0.3 is 0 Å². The van der Waals surface area contributed by atoms with Gasteiger partial charge in [0.15, 0.2) is 0 Å². The van der Waals surface area contributed by atoms with Gasteiger partial charge in [-0.2, -0.15) is 0 Å². The van der Waals surface area contributed by atoms with Gasteiger partial charge in [0, 0.05) is 19.0 Å². The molecule has 1 heterocycles. The largest absolute Gasteiger partial charge is 0.313 e. The van der Waals surface area contributed by atoms with Crippen molar-refractivity contribution >= 4 is 21.6 Å². The van der Waals surface area contributed by atoms with Crippen LogP contribution in [0.4, 0.5) is 0 Å². The van der Waals surface area contributed by atoms with Crippen LogP contribution in [-0.4, -0.2) is 17.6 Å². The van der Waals surface area contributed by atoms with Crippen molar-refractivity contribution in [1.82, 2.24) is 10.3 Å². The zero-order valence-electron chi connectivity index (χ0n) is 11.1. The van der Waals surface area contributed by atoms with Crippen molar-refractivity contribution in [3.63, 3.8) is 0 Å². The lowest BCUT2D eigenvalue weighted by Gasteiger charge is -2.23. The van der Waals surface area contributed by atoms with Crippen LogP contribution in [-0.2, 0) is 6.42 Å². The van der Waals surface area contributed by atoms with Gasteiger partial charge < -0.3 is 5.32 Å². The van der Waals surface area contributed by atoms with Crippen LogP contribution >= 0.6 is 11.3 Å². The second-order valence-corrected chi connectivity index (χ2v) is 7.19. The molecule has 96 valence electrons. The summed E-state index contributed by atoms with van der Waals surface area (Å²) in [4.78, 5) is 4.73. The lowest BCUT2D eigenvalue weighted by molar-refractivity contribution is 0.337. The molecular weight excluding hydrogens is 240 g/mol. The number of rotatable bonds is 5. The molecule has 1 aromatic heterocycles. The van der Waals surface area contributed by atoms with Gasteiger partial charge in [0.1, 0.15) is 0 Å². The first-order valence-electron chi connectivity index (χ1n) is 6.70. The monoisotopic (exact) mass is 260 g/mol. The van der Waals surface area contributed by atoms with Crippen LogP contribution in [0.3, 0.4) is 0 Å². The fourth-order valence-corrected chi connectivity index (χ4v) is 3.40. The van der Waals surface area contributed by atoms with Crippen molar-refractivity contribution in [1.29, 1.82) is 0 Å². The molecule has 2 aromatic rings. The fourth-order valence-electron chi connectivity index (χ4n) is 2.18. The molecule has 1 fully saturated rings. The first kappa shape index (κ1) is 12.1. The third-order valence-electron chi connectivity index (χ3n) is 3.41. The van der Waals surface area contributed by atoms with E-state index in [1.807, 2.05) is 11.3 Å². The number of fused-ring (bicyclic) bond motifs is 1. The maximum Gasteiger partial charge on any atom is 0.0944 e. The third kappa shape index (κ3) is 2.90. The molecule has 2 nitrogen and oxygen atoms in total. The molecule has 1 saturated carbocycles. The van der Waals surface area contributed by atoms with Crippen LogP contribution in [0, 0.1) is 5.41 Å². The Kier molecular flexibility index (Phi) is 3.12. The van der Waals surface area contributed by atoms with E-state index in [2.05, 4.69) is 43.4 Å². The molecule has 1 aliphatic carbocycles. The number of hydrogen-bond donors (Lipinski definition) is 1. The van der Waals surface area contributed by atoms with Gasteiger partial charge in [0.25, 0.3) is 0 Å². The molecule has 0 atom stereocenters. The number of para-hydroxylation sites is 1. The maximum atomic E-state index is 4.73. The fraction of sp³-hybridized carbons (Fsp3) is 0.533. The van der Waals surface area contributed by atoms with Gasteiger partial charge in [-0.15, -0.1) is 11.3 Å². The Balaban J connectivity index is 1.69. The van der Waals surface area contributed by atoms with E-state index < -0.39 is 0 Å². The Morgan fingerprint density at radius 2 is 2.11 bits per heavy atom. The molecule has 1 N–H and O–H groups in total. The standard InChI is InChI=1S/C15H20N2S/c1-15(2,10-16-11-7-8-11)9-14-17-12-5-3-4-6-13(12)18-14/h3-6,11,16H,7-10H2,1-2H3. The molecule has 3 heteroatoms. The van der Waals surface area contributed by atoms with Gasteiger partial charge in [0.05, 0.1) is 15.2 Å². The van der Waals surface area contributed by atoms with E-state index in [0.717, 1.165) is 24.5 Å². The normalized spacial score (nSPS) is 16.3. The smallest absolute Gasteiger partial charge is 0.0944 e. The first-order chi connectivity index (χ1) is 8.62. The van der Waals surface area contributed by atoms with E-state index in [1.165, 1.54) is 22.5 Å². The lowest BCUT2D eigenvalue weighted by Crippen LogP contribution is -2.32. The summed E-state index contributed by atoms with van der Waals surface area (Å²) < 4.78 is 1.30. The van der Waals surface area contributed by atoms with Crippen LogP contribution in [0.15, 0.2) is 24.3 Å². The molecule has 0 spiro atoms. The Bertz CT molecular complexity index is 507. The molecular formula is C15H20N2S.